The van der Waals surface area contributed by atoms with E-state index in [4.69, 9.17) is 4.74 Å². The molecule has 0 radical (unpaired) electrons. The van der Waals surface area contributed by atoms with Gasteiger partial charge in [-0.15, -0.1) is 0 Å². The van der Waals surface area contributed by atoms with Crippen molar-refractivity contribution in [1.82, 2.24) is 20.2 Å². The van der Waals surface area contributed by atoms with Gasteiger partial charge in [-0.1, -0.05) is 0 Å². The van der Waals surface area contributed by atoms with Gasteiger partial charge in [0.15, 0.2) is 0 Å². The summed E-state index contributed by atoms with van der Waals surface area (Å²) in [5, 5.41) is 2.77. The number of likely N-dealkylation sites (tertiary alicyclic amines) is 1. The molecule has 0 aromatic carbocycles. The number of rotatable bonds is 7. The SMILES string of the molecule is Cc1nc(N2CCOCC2)[nH]c(=O)c1CCC(=O)NCCC(=O)N1CCCC1. The standard InChI is InChI=1S/C19H29N5O4/c1-14-15(18(27)22-19(21-14)24-10-12-28-13-11-24)4-5-16(25)20-7-6-17(26)23-8-2-3-9-23/h2-13H2,1H3,(H,20,25)(H,21,22,27). The van der Waals surface area contributed by atoms with Gasteiger partial charge < -0.3 is 19.9 Å². The summed E-state index contributed by atoms with van der Waals surface area (Å²) in [6, 6.07) is 0. The van der Waals surface area contributed by atoms with Crippen LogP contribution in [0.3, 0.4) is 0 Å². The highest BCUT2D eigenvalue weighted by Crippen LogP contribution is 2.11. The number of H-pyrrole nitrogens is 1. The lowest BCUT2D eigenvalue weighted by Crippen LogP contribution is -2.38. The van der Waals surface area contributed by atoms with Crippen molar-refractivity contribution in [1.29, 1.82) is 0 Å². The highest BCUT2D eigenvalue weighted by atomic mass is 16.5. The molecule has 154 valence electrons. The molecule has 1 aromatic rings. The van der Waals surface area contributed by atoms with E-state index in [1.54, 1.807) is 6.92 Å². The molecule has 2 aliphatic heterocycles. The Morgan fingerprint density at radius 2 is 1.86 bits per heavy atom. The van der Waals surface area contributed by atoms with Crippen LogP contribution < -0.4 is 15.8 Å². The number of anilines is 1. The van der Waals surface area contributed by atoms with Crippen molar-refractivity contribution in [3.63, 3.8) is 0 Å². The molecule has 0 spiro atoms. The van der Waals surface area contributed by atoms with Crippen molar-refractivity contribution >= 4 is 17.8 Å². The van der Waals surface area contributed by atoms with Gasteiger partial charge in [-0.05, 0) is 26.2 Å². The van der Waals surface area contributed by atoms with Crippen molar-refractivity contribution in [2.75, 3.05) is 50.8 Å². The maximum absolute atomic E-state index is 12.4. The van der Waals surface area contributed by atoms with Crippen molar-refractivity contribution in [3.05, 3.63) is 21.6 Å². The lowest BCUT2D eigenvalue weighted by atomic mass is 10.1. The number of hydrogen-bond acceptors (Lipinski definition) is 6. The maximum Gasteiger partial charge on any atom is 0.255 e. The monoisotopic (exact) mass is 391 g/mol. The summed E-state index contributed by atoms with van der Waals surface area (Å²) in [5.41, 5.74) is 0.966. The van der Waals surface area contributed by atoms with Gasteiger partial charge in [0.05, 0.1) is 13.2 Å². The third-order valence-electron chi connectivity index (χ3n) is 5.24. The number of aryl methyl sites for hydroxylation is 1. The topological polar surface area (TPSA) is 108 Å². The summed E-state index contributed by atoms with van der Waals surface area (Å²) >= 11 is 0. The van der Waals surface area contributed by atoms with E-state index >= 15 is 0 Å². The summed E-state index contributed by atoms with van der Waals surface area (Å²) < 4.78 is 5.32. The zero-order valence-corrected chi connectivity index (χ0v) is 16.5. The largest absolute Gasteiger partial charge is 0.378 e. The molecule has 28 heavy (non-hydrogen) atoms. The van der Waals surface area contributed by atoms with Crippen LogP contribution in [-0.4, -0.2) is 72.6 Å². The molecule has 2 fully saturated rings. The van der Waals surface area contributed by atoms with Crippen molar-refractivity contribution in [3.8, 4) is 0 Å². The molecule has 3 heterocycles. The molecule has 1 aromatic heterocycles. The minimum absolute atomic E-state index is 0.0907. The molecule has 2 amide bonds. The molecular weight excluding hydrogens is 362 g/mol. The van der Waals surface area contributed by atoms with Crippen LogP contribution in [0.4, 0.5) is 5.95 Å². The van der Waals surface area contributed by atoms with Crippen LogP contribution in [0.25, 0.3) is 0 Å². The summed E-state index contributed by atoms with van der Waals surface area (Å²) in [7, 11) is 0. The van der Waals surface area contributed by atoms with Crippen LogP contribution in [0.2, 0.25) is 0 Å². The number of aromatic amines is 1. The van der Waals surface area contributed by atoms with E-state index < -0.39 is 0 Å². The van der Waals surface area contributed by atoms with Crippen LogP contribution in [-0.2, 0) is 20.7 Å². The molecular formula is C19H29N5O4. The minimum atomic E-state index is -0.203. The van der Waals surface area contributed by atoms with Crippen LogP contribution in [0.1, 0.15) is 36.9 Å². The second-order valence-corrected chi connectivity index (χ2v) is 7.24. The fourth-order valence-corrected chi connectivity index (χ4v) is 3.58. The van der Waals surface area contributed by atoms with Crippen LogP contribution in [0.15, 0.2) is 4.79 Å². The van der Waals surface area contributed by atoms with E-state index in [1.165, 1.54) is 0 Å². The lowest BCUT2D eigenvalue weighted by Gasteiger charge is -2.27. The van der Waals surface area contributed by atoms with Gasteiger partial charge >= 0.3 is 0 Å². The Bertz CT molecular complexity index is 751. The number of aromatic nitrogens is 2. The van der Waals surface area contributed by atoms with Gasteiger partial charge in [-0.3, -0.25) is 19.4 Å². The Morgan fingerprint density at radius 1 is 1.14 bits per heavy atom. The third-order valence-corrected chi connectivity index (χ3v) is 5.24. The molecule has 2 saturated heterocycles. The molecule has 0 saturated carbocycles. The first-order valence-electron chi connectivity index (χ1n) is 10.0. The second-order valence-electron chi connectivity index (χ2n) is 7.24. The van der Waals surface area contributed by atoms with Crippen molar-refractivity contribution in [2.45, 2.75) is 39.0 Å². The number of hydrogen-bond donors (Lipinski definition) is 2. The van der Waals surface area contributed by atoms with E-state index in [1.807, 2.05) is 9.80 Å². The Hall–Kier alpha value is -2.42. The Morgan fingerprint density at radius 3 is 2.54 bits per heavy atom. The average Bonchev–Trinajstić information content (AvgIpc) is 3.23. The fourth-order valence-electron chi connectivity index (χ4n) is 3.58. The minimum Gasteiger partial charge on any atom is -0.378 e. The number of carbonyl (C=O) groups excluding carboxylic acids is 2. The number of carbonyl (C=O) groups is 2. The van der Waals surface area contributed by atoms with E-state index in [0.717, 1.165) is 25.9 Å². The predicted molar refractivity (Wildman–Crippen MR) is 104 cm³/mol. The maximum atomic E-state index is 12.4. The number of morpholine rings is 1. The van der Waals surface area contributed by atoms with Gasteiger partial charge in [0, 0.05) is 56.8 Å². The summed E-state index contributed by atoms with van der Waals surface area (Å²) in [4.78, 5) is 47.6. The van der Waals surface area contributed by atoms with Gasteiger partial charge in [-0.25, -0.2) is 4.98 Å². The molecule has 0 aliphatic carbocycles. The molecule has 2 aliphatic rings. The molecule has 9 heteroatoms. The first kappa shape index (κ1) is 20.3. The lowest BCUT2D eigenvalue weighted by molar-refractivity contribution is -0.130. The first-order chi connectivity index (χ1) is 13.5. The predicted octanol–water partition coefficient (Wildman–Crippen LogP) is -0.0238. The Labute approximate surface area is 164 Å². The molecule has 0 unspecified atom stereocenters. The quantitative estimate of drug-likeness (QED) is 0.676. The van der Waals surface area contributed by atoms with E-state index in [-0.39, 0.29) is 23.8 Å². The number of ether oxygens (including phenoxy) is 1. The van der Waals surface area contributed by atoms with E-state index in [2.05, 4.69) is 15.3 Å². The fraction of sp³-hybridized carbons (Fsp3) is 0.684. The van der Waals surface area contributed by atoms with Gasteiger partial charge in [0.2, 0.25) is 17.8 Å². The molecule has 9 nitrogen and oxygen atoms in total. The number of nitrogens with zero attached hydrogens (tertiary/aromatic N) is 3. The highest BCUT2D eigenvalue weighted by molar-refractivity contribution is 5.79. The first-order valence-corrected chi connectivity index (χ1v) is 10.0. The van der Waals surface area contributed by atoms with Crippen molar-refractivity contribution < 1.29 is 14.3 Å². The van der Waals surface area contributed by atoms with Crippen LogP contribution in [0.5, 0.6) is 0 Å². The summed E-state index contributed by atoms with van der Waals surface area (Å²) in [5.74, 6) is 0.484. The third kappa shape index (κ3) is 5.31. The van der Waals surface area contributed by atoms with E-state index in [0.29, 0.717) is 62.9 Å². The van der Waals surface area contributed by atoms with Crippen LogP contribution in [0, 0.1) is 6.92 Å². The van der Waals surface area contributed by atoms with Gasteiger partial charge in [0.1, 0.15) is 0 Å². The van der Waals surface area contributed by atoms with Crippen molar-refractivity contribution in [2.24, 2.45) is 0 Å². The number of nitrogens with one attached hydrogen (secondary N) is 2. The normalized spacial score (nSPS) is 17.0. The number of amides is 2. The van der Waals surface area contributed by atoms with Gasteiger partial charge in [-0.2, -0.15) is 0 Å². The molecule has 3 rings (SSSR count). The smallest absolute Gasteiger partial charge is 0.255 e. The Kier molecular flexibility index (Phi) is 7.02. The average molecular weight is 391 g/mol. The van der Waals surface area contributed by atoms with Gasteiger partial charge in [0.25, 0.3) is 5.56 Å². The zero-order chi connectivity index (χ0) is 19.9. The van der Waals surface area contributed by atoms with Crippen LogP contribution >= 0.6 is 0 Å². The zero-order valence-electron chi connectivity index (χ0n) is 16.5. The van der Waals surface area contributed by atoms with E-state index in [9.17, 15) is 14.4 Å². The summed E-state index contributed by atoms with van der Waals surface area (Å²) in [6.07, 6.45) is 2.96. The molecule has 2 N–H and O–H groups in total. The molecule has 0 bridgehead atoms. The second kappa shape index (κ2) is 9.68. The summed E-state index contributed by atoms with van der Waals surface area (Å²) in [6.45, 7) is 6.39. The highest BCUT2D eigenvalue weighted by Gasteiger charge is 2.18. The Balaban J connectivity index is 1.46. The molecule has 0 atom stereocenters.